The molecule has 0 spiro atoms. The molecule has 1 aliphatic rings. The quantitative estimate of drug-likeness (QED) is 0.746. The number of hydrogen-bond donors (Lipinski definition) is 3. The van der Waals surface area contributed by atoms with Crippen molar-refractivity contribution in [1.82, 2.24) is 10.6 Å². The van der Waals surface area contributed by atoms with Crippen LogP contribution in [0.2, 0.25) is 0 Å². The van der Waals surface area contributed by atoms with Gasteiger partial charge in [-0.3, -0.25) is 10.3 Å². The van der Waals surface area contributed by atoms with Crippen LogP contribution in [-0.4, -0.2) is 25.1 Å². The van der Waals surface area contributed by atoms with Crippen LogP contribution >= 0.6 is 0 Å². The lowest BCUT2D eigenvalue weighted by Crippen LogP contribution is -2.45. The second-order valence-corrected chi connectivity index (χ2v) is 4.59. The van der Waals surface area contributed by atoms with Crippen molar-refractivity contribution in [1.29, 1.82) is 0 Å². The van der Waals surface area contributed by atoms with E-state index in [4.69, 9.17) is 0 Å². The zero-order valence-corrected chi connectivity index (χ0v) is 11.3. The standard InChI is InChI=1S/C13H15F3N4O/c1-8-4-2-5-9(13(14,15)16)10(8)19-12(21)20-11-17-6-3-7-18-11/h2,4-5H,3,6-7H2,1H3,(H3,17,18,19,20,21). The minimum atomic E-state index is -4.53. The van der Waals surface area contributed by atoms with Gasteiger partial charge in [0.15, 0.2) is 5.96 Å². The highest BCUT2D eigenvalue weighted by Gasteiger charge is 2.34. The van der Waals surface area contributed by atoms with E-state index in [2.05, 4.69) is 20.9 Å². The monoisotopic (exact) mass is 300 g/mol. The van der Waals surface area contributed by atoms with Crippen molar-refractivity contribution in [2.24, 2.45) is 4.99 Å². The highest BCUT2D eigenvalue weighted by Crippen LogP contribution is 2.36. The topological polar surface area (TPSA) is 65.5 Å². The van der Waals surface area contributed by atoms with Crippen molar-refractivity contribution in [2.45, 2.75) is 19.5 Å². The molecule has 0 aromatic heterocycles. The molecule has 2 rings (SSSR count). The molecule has 0 fully saturated rings. The number of halogens is 3. The summed E-state index contributed by atoms with van der Waals surface area (Å²) >= 11 is 0. The highest BCUT2D eigenvalue weighted by molar-refractivity contribution is 6.03. The predicted molar refractivity (Wildman–Crippen MR) is 73.3 cm³/mol. The van der Waals surface area contributed by atoms with Gasteiger partial charge in [0.05, 0.1) is 11.3 Å². The average Bonchev–Trinajstić information content (AvgIpc) is 2.41. The van der Waals surface area contributed by atoms with Crippen LogP contribution in [0.1, 0.15) is 17.5 Å². The number of guanidine groups is 1. The molecule has 114 valence electrons. The predicted octanol–water partition coefficient (Wildman–Crippen LogP) is 2.48. The Balaban J connectivity index is 2.15. The van der Waals surface area contributed by atoms with Crippen molar-refractivity contribution < 1.29 is 18.0 Å². The Morgan fingerprint density at radius 3 is 2.71 bits per heavy atom. The molecule has 8 heteroatoms. The molecule has 0 atom stereocenters. The Morgan fingerprint density at radius 1 is 1.33 bits per heavy atom. The van der Waals surface area contributed by atoms with Crippen LogP contribution in [0.3, 0.4) is 0 Å². The molecule has 0 unspecified atom stereocenters. The van der Waals surface area contributed by atoms with Gasteiger partial charge in [-0.2, -0.15) is 13.2 Å². The number of rotatable bonds is 1. The molecule has 5 nitrogen and oxygen atoms in total. The third-order valence-corrected chi connectivity index (χ3v) is 2.95. The molecule has 0 radical (unpaired) electrons. The Bertz CT molecular complexity index is 569. The maximum Gasteiger partial charge on any atom is 0.418 e. The number of amides is 2. The summed E-state index contributed by atoms with van der Waals surface area (Å²) in [4.78, 5) is 15.8. The fourth-order valence-electron chi connectivity index (χ4n) is 1.94. The number of hydrogen-bond acceptors (Lipinski definition) is 3. The number of benzene rings is 1. The number of aryl methyl sites for hydroxylation is 1. The number of nitrogens with zero attached hydrogens (tertiary/aromatic N) is 1. The van der Waals surface area contributed by atoms with Crippen LogP contribution in [0, 0.1) is 6.92 Å². The molecule has 1 heterocycles. The summed E-state index contributed by atoms with van der Waals surface area (Å²) in [7, 11) is 0. The Kier molecular flexibility index (Phi) is 4.35. The molecule has 0 saturated heterocycles. The van der Waals surface area contributed by atoms with Crippen LogP contribution in [0.15, 0.2) is 23.2 Å². The lowest BCUT2D eigenvalue weighted by molar-refractivity contribution is -0.136. The van der Waals surface area contributed by atoms with Crippen molar-refractivity contribution in [2.75, 3.05) is 18.4 Å². The number of anilines is 1. The van der Waals surface area contributed by atoms with E-state index < -0.39 is 17.8 Å². The minimum absolute atomic E-state index is 0.251. The van der Waals surface area contributed by atoms with Gasteiger partial charge in [0.25, 0.3) is 0 Å². The van der Waals surface area contributed by atoms with Crippen LogP contribution in [0.25, 0.3) is 0 Å². The first-order chi connectivity index (χ1) is 9.88. The van der Waals surface area contributed by atoms with E-state index in [-0.39, 0.29) is 11.6 Å². The second kappa shape index (κ2) is 6.02. The first kappa shape index (κ1) is 15.1. The lowest BCUT2D eigenvalue weighted by Gasteiger charge is -2.18. The molecule has 0 aliphatic carbocycles. The van der Waals surface area contributed by atoms with Crippen molar-refractivity contribution in [3.63, 3.8) is 0 Å². The first-order valence-electron chi connectivity index (χ1n) is 6.41. The summed E-state index contributed by atoms with van der Waals surface area (Å²) in [6.07, 6.45) is -3.68. The van der Waals surface area contributed by atoms with Gasteiger partial charge in [-0.25, -0.2) is 4.79 Å². The number of para-hydroxylation sites is 1. The number of urea groups is 1. The summed E-state index contributed by atoms with van der Waals surface area (Å²) in [5.74, 6) is 0.265. The van der Waals surface area contributed by atoms with E-state index >= 15 is 0 Å². The molecular formula is C13H15F3N4O. The van der Waals surface area contributed by atoms with Crippen molar-refractivity contribution >= 4 is 17.7 Å². The third-order valence-electron chi connectivity index (χ3n) is 2.95. The summed E-state index contributed by atoms with van der Waals surface area (Å²) < 4.78 is 38.8. The van der Waals surface area contributed by atoms with Crippen LogP contribution in [0.5, 0.6) is 0 Å². The number of carbonyl (C=O) groups is 1. The van der Waals surface area contributed by atoms with Crippen molar-refractivity contribution in [3.05, 3.63) is 29.3 Å². The highest BCUT2D eigenvalue weighted by atomic mass is 19.4. The van der Waals surface area contributed by atoms with E-state index in [9.17, 15) is 18.0 Å². The number of carbonyl (C=O) groups excluding carboxylic acids is 1. The number of nitrogens with one attached hydrogen (secondary N) is 3. The normalized spacial score (nSPS) is 15.0. The van der Waals surface area contributed by atoms with Crippen LogP contribution in [-0.2, 0) is 6.18 Å². The molecule has 3 N–H and O–H groups in total. The molecule has 0 bridgehead atoms. The number of alkyl halides is 3. The fraction of sp³-hybridized carbons (Fsp3) is 0.385. The summed E-state index contributed by atoms with van der Waals surface area (Å²) in [6, 6.07) is 2.97. The second-order valence-electron chi connectivity index (χ2n) is 4.59. The zero-order valence-electron chi connectivity index (χ0n) is 11.3. The third kappa shape index (κ3) is 3.87. The van der Waals surface area contributed by atoms with Gasteiger partial charge in [0.2, 0.25) is 0 Å². The van der Waals surface area contributed by atoms with Gasteiger partial charge in [-0.15, -0.1) is 0 Å². The van der Waals surface area contributed by atoms with Gasteiger partial charge in [0.1, 0.15) is 0 Å². The molecule has 0 saturated carbocycles. The molecule has 21 heavy (non-hydrogen) atoms. The van der Waals surface area contributed by atoms with Gasteiger partial charge in [-0.05, 0) is 25.0 Å². The fourth-order valence-corrected chi connectivity index (χ4v) is 1.94. The van der Waals surface area contributed by atoms with Crippen LogP contribution in [0.4, 0.5) is 23.7 Å². The van der Waals surface area contributed by atoms with E-state index in [0.29, 0.717) is 18.7 Å². The zero-order chi connectivity index (χ0) is 15.5. The molecular weight excluding hydrogens is 285 g/mol. The van der Waals surface area contributed by atoms with Crippen LogP contribution < -0.4 is 16.0 Å². The lowest BCUT2D eigenvalue weighted by atomic mass is 10.1. The van der Waals surface area contributed by atoms with Gasteiger partial charge in [-0.1, -0.05) is 12.1 Å². The van der Waals surface area contributed by atoms with Gasteiger partial charge < -0.3 is 10.6 Å². The largest absolute Gasteiger partial charge is 0.418 e. The maximum atomic E-state index is 12.9. The van der Waals surface area contributed by atoms with E-state index in [0.717, 1.165) is 12.5 Å². The Morgan fingerprint density at radius 2 is 2.10 bits per heavy atom. The summed E-state index contributed by atoms with van der Waals surface area (Å²) in [5, 5.41) is 7.49. The Labute approximate surface area is 119 Å². The smallest absolute Gasteiger partial charge is 0.356 e. The average molecular weight is 300 g/mol. The van der Waals surface area contributed by atoms with E-state index in [1.54, 1.807) is 0 Å². The molecule has 2 amide bonds. The maximum absolute atomic E-state index is 12.9. The van der Waals surface area contributed by atoms with Crippen molar-refractivity contribution in [3.8, 4) is 0 Å². The number of aliphatic imine (C=N–C) groups is 1. The van der Waals surface area contributed by atoms with Gasteiger partial charge in [0, 0.05) is 13.1 Å². The molecule has 1 aliphatic heterocycles. The van der Waals surface area contributed by atoms with E-state index in [1.807, 2.05) is 0 Å². The summed E-state index contributed by atoms with van der Waals surface area (Å²) in [5.41, 5.74) is -0.798. The minimum Gasteiger partial charge on any atom is -0.356 e. The SMILES string of the molecule is Cc1cccc(C(F)(F)F)c1NC(=O)NC1=NCCCN1. The molecule has 1 aromatic carbocycles. The summed E-state index contributed by atoms with van der Waals surface area (Å²) in [6.45, 7) is 2.74. The Hall–Kier alpha value is -2.25. The van der Waals surface area contributed by atoms with E-state index in [1.165, 1.54) is 19.1 Å². The first-order valence-corrected chi connectivity index (χ1v) is 6.41. The molecule has 1 aromatic rings. The van der Waals surface area contributed by atoms with Gasteiger partial charge >= 0.3 is 12.2 Å².